The SMILES string of the molecule is CCCCCC(CN(C=O)OCc1ccccc1)C(=O)NCNC(=O)c1ccc(-c2cccc(C(=O)O)c2OC)o1. The Kier molecular flexibility index (Phi) is 11.9. The van der Waals surface area contributed by atoms with E-state index in [-0.39, 0.29) is 48.6 Å². The molecule has 0 bridgehead atoms. The van der Waals surface area contributed by atoms with Crippen LogP contribution in [-0.2, 0) is 21.0 Å². The van der Waals surface area contributed by atoms with Gasteiger partial charge >= 0.3 is 5.97 Å². The van der Waals surface area contributed by atoms with Crippen LogP contribution in [0.25, 0.3) is 11.3 Å². The summed E-state index contributed by atoms with van der Waals surface area (Å²) in [5.41, 5.74) is 1.23. The van der Waals surface area contributed by atoms with Gasteiger partial charge in [0.2, 0.25) is 12.3 Å². The van der Waals surface area contributed by atoms with Gasteiger partial charge < -0.3 is 24.9 Å². The maximum atomic E-state index is 13.0. The maximum Gasteiger partial charge on any atom is 0.339 e. The summed E-state index contributed by atoms with van der Waals surface area (Å²) in [5.74, 6) is -2.27. The Balaban J connectivity index is 1.58. The van der Waals surface area contributed by atoms with Gasteiger partial charge in [-0.3, -0.25) is 19.2 Å². The quantitative estimate of drug-likeness (QED) is 0.0953. The molecule has 0 radical (unpaired) electrons. The van der Waals surface area contributed by atoms with E-state index in [1.807, 2.05) is 30.3 Å². The number of hydrogen-bond acceptors (Lipinski definition) is 7. The molecule has 3 amide bonds. The van der Waals surface area contributed by atoms with E-state index < -0.39 is 17.8 Å². The van der Waals surface area contributed by atoms with Crippen LogP contribution in [-0.4, -0.2) is 54.7 Å². The molecule has 3 aromatic rings. The maximum absolute atomic E-state index is 13.0. The Hall–Kier alpha value is -4.64. The predicted octanol–water partition coefficient (Wildman–Crippen LogP) is 4.24. The van der Waals surface area contributed by atoms with E-state index in [1.54, 1.807) is 12.1 Å². The molecule has 0 aliphatic rings. The largest absolute Gasteiger partial charge is 0.495 e. The summed E-state index contributed by atoms with van der Waals surface area (Å²) < 4.78 is 10.9. The standard InChI is InChI=1S/C30H35N3O8/c1-3-4-6-12-22(17-33(20-34)40-18-21-10-7-5-8-11-21)28(35)31-19-32-29(36)26-16-15-25(41-26)23-13-9-14-24(30(37)38)27(23)39-2/h5,7-11,13-16,20,22H,3-4,6,12,17-19H2,1-2H3,(H,31,35)(H,32,36)(H,37,38). The van der Waals surface area contributed by atoms with E-state index in [0.717, 1.165) is 29.9 Å². The Bertz CT molecular complexity index is 1310. The molecule has 3 N–H and O–H groups in total. The van der Waals surface area contributed by atoms with E-state index in [4.69, 9.17) is 14.0 Å². The highest BCUT2D eigenvalue weighted by Gasteiger charge is 2.23. The van der Waals surface area contributed by atoms with Crippen molar-refractivity contribution in [3.63, 3.8) is 0 Å². The van der Waals surface area contributed by atoms with Crippen molar-refractivity contribution >= 4 is 24.2 Å². The lowest BCUT2D eigenvalue weighted by molar-refractivity contribution is -0.182. The zero-order valence-electron chi connectivity index (χ0n) is 23.1. The number of ether oxygens (including phenoxy) is 1. The fourth-order valence-corrected chi connectivity index (χ4v) is 4.19. The summed E-state index contributed by atoms with van der Waals surface area (Å²) in [5, 5.41) is 15.8. The van der Waals surface area contributed by atoms with Gasteiger partial charge in [-0.15, -0.1) is 0 Å². The van der Waals surface area contributed by atoms with Crippen LogP contribution in [0.4, 0.5) is 0 Å². The molecule has 11 nitrogen and oxygen atoms in total. The first-order valence-electron chi connectivity index (χ1n) is 13.3. The molecule has 0 fully saturated rings. The minimum absolute atomic E-state index is 0.0297. The number of nitrogens with one attached hydrogen (secondary N) is 2. The van der Waals surface area contributed by atoms with Crippen LogP contribution < -0.4 is 15.4 Å². The van der Waals surface area contributed by atoms with Crippen LogP contribution in [0.15, 0.2) is 65.1 Å². The fraction of sp³-hybridized carbons (Fsp3) is 0.333. The predicted molar refractivity (Wildman–Crippen MR) is 150 cm³/mol. The molecule has 11 heteroatoms. The number of carboxylic acids is 1. The first-order valence-corrected chi connectivity index (χ1v) is 13.3. The van der Waals surface area contributed by atoms with Crippen LogP contribution in [0.3, 0.4) is 0 Å². The van der Waals surface area contributed by atoms with Crippen molar-refractivity contribution in [2.24, 2.45) is 5.92 Å². The summed E-state index contributed by atoms with van der Waals surface area (Å²) in [6.45, 7) is 2.15. The lowest BCUT2D eigenvalue weighted by Gasteiger charge is -2.23. The first kappa shape index (κ1) is 30.9. The van der Waals surface area contributed by atoms with Gasteiger partial charge in [0.1, 0.15) is 23.7 Å². The van der Waals surface area contributed by atoms with Crippen molar-refractivity contribution < 1.29 is 38.3 Å². The number of methoxy groups -OCH3 is 1. The van der Waals surface area contributed by atoms with E-state index >= 15 is 0 Å². The van der Waals surface area contributed by atoms with Crippen molar-refractivity contribution in [1.82, 2.24) is 15.7 Å². The zero-order chi connectivity index (χ0) is 29.6. The number of carbonyl (C=O) groups is 4. The van der Waals surface area contributed by atoms with Crippen molar-refractivity contribution in [3.05, 3.63) is 77.6 Å². The van der Waals surface area contributed by atoms with E-state index in [9.17, 15) is 24.3 Å². The smallest absolute Gasteiger partial charge is 0.339 e. The lowest BCUT2D eigenvalue weighted by atomic mass is 10.0. The van der Waals surface area contributed by atoms with Crippen LogP contribution in [0.2, 0.25) is 0 Å². The van der Waals surface area contributed by atoms with Crippen molar-refractivity contribution in [3.8, 4) is 17.1 Å². The molecule has 1 unspecified atom stereocenters. The average molecular weight is 566 g/mol. The molecule has 0 saturated carbocycles. The third-order valence-corrected chi connectivity index (χ3v) is 6.34. The van der Waals surface area contributed by atoms with Crippen molar-refractivity contribution in [2.45, 2.75) is 39.2 Å². The summed E-state index contributed by atoms with van der Waals surface area (Å²) in [4.78, 5) is 54.4. The molecule has 0 saturated heterocycles. The number of aromatic carboxylic acids is 1. The van der Waals surface area contributed by atoms with Gasteiger partial charge in [-0.05, 0) is 36.2 Å². The molecule has 2 aromatic carbocycles. The number of hydrogen-bond donors (Lipinski definition) is 3. The number of carboxylic acid groups (broad SMARTS) is 1. The Labute approximate surface area is 238 Å². The molecule has 41 heavy (non-hydrogen) atoms. The van der Waals surface area contributed by atoms with Gasteiger partial charge in [-0.1, -0.05) is 62.6 Å². The van der Waals surface area contributed by atoms with Crippen molar-refractivity contribution in [1.29, 1.82) is 0 Å². The minimum atomic E-state index is -1.16. The Morgan fingerprint density at radius 1 is 1.02 bits per heavy atom. The molecule has 0 aliphatic heterocycles. The lowest BCUT2D eigenvalue weighted by Crippen LogP contribution is -2.43. The highest BCUT2D eigenvalue weighted by atomic mass is 16.7. The summed E-state index contributed by atoms with van der Waals surface area (Å²) in [6, 6.07) is 16.9. The topological polar surface area (TPSA) is 147 Å². The molecule has 218 valence electrons. The summed E-state index contributed by atoms with van der Waals surface area (Å²) in [7, 11) is 1.35. The average Bonchev–Trinajstić information content (AvgIpc) is 3.48. The molecule has 0 aliphatic carbocycles. The second-order valence-corrected chi connectivity index (χ2v) is 9.24. The van der Waals surface area contributed by atoms with Gasteiger partial charge in [0.25, 0.3) is 5.91 Å². The van der Waals surface area contributed by atoms with Crippen molar-refractivity contribution in [2.75, 3.05) is 20.3 Å². The van der Waals surface area contributed by atoms with Gasteiger partial charge in [0.15, 0.2) is 5.76 Å². The first-order chi connectivity index (χ1) is 19.9. The number of nitrogens with zero attached hydrogens (tertiary/aromatic N) is 1. The van der Waals surface area contributed by atoms with E-state index in [2.05, 4.69) is 17.6 Å². The number of benzene rings is 2. The van der Waals surface area contributed by atoms with Gasteiger partial charge in [0.05, 0.1) is 31.8 Å². The van der Waals surface area contributed by atoms with Gasteiger partial charge in [-0.25, -0.2) is 9.86 Å². The number of amides is 3. The molecule has 3 rings (SSSR count). The molecular formula is C30H35N3O8. The molecular weight excluding hydrogens is 530 g/mol. The fourth-order valence-electron chi connectivity index (χ4n) is 4.19. The number of unbranched alkanes of at least 4 members (excludes halogenated alkanes) is 2. The van der Waals surface area contributed by atoms with E-state index in [1.165, 1.54) is 25.3 Å². The Morgan fingerprint density at radius 2 is 1.80 bits per heavy atom. The number of carbonyl (C=O) groups excluding carboxylic acids is 3. The normalized spacial score (nSPS) is 11.4. The molecule has 1 heterocycles. The van der Waals surface area contributed by atoms with Gasteiger partial charge in [-0.2, -0.15) is 0 Å². The van der Waals surface area contributed by atoms with E-state index in [0.29, 0.717) is 18.4 Å². The monoisotopic (exact) mass is 565 g/mol. The second kappa shape index (κ2) is 15.8. The van der Waals surface area contributed by atoms with Crippen LogP contribution in [0.1, 0.15) is 59.1 Å². The number of hydroxylamine groups is 2. The zero-order valence-corrected chi connectivity index (χ0v) is 23.1. The summed E-state index contributed by atoms with van der Waals surface area (Å²) in [6.07, 6.45) is 3.82. The van der Waals surface area contributed by atoms with Gasteiger partial charge in [0, 0.05) is 0 Å². The molecule has 0 spiro atoms. The Morgan fingerprint density at radius 3 is 2.49 bits per heavy atom. The number of para-hydroxylation sites is 1. The highest BCUT2D eigenvalue weighted by molar-refractivity contribution is 5.95. The van der Waals surface area contributed by atoms with Crippen LogP contribution in [0.5, 0.6) is 5.75 Å². The molecule has 1 aromatic heterocycles. The molecule has 1 atom stereocenters. The summed E-state index contributed by atoms with van der Waals surface area (Å²) >= 11 is 0. The minimum Gasteiger partial charge on any atom is -0.495 e. The number of furan rings is 1. The third kappa shape index (κ3) is 8.94. The highest BCUT2D eigenvalue weighted by Crippen LogP contribution is 2.34. The second-order valence-electron chi connectivity index (χ2n) is 9.24. The third-order valence-electron chi connectivity index (χ3n) is 6.34. The van der Waals surface area contributed by atoms with Crippen LogP contribution in [0, 0.1) is 5.92 Å². The number of rotatable bonds is 17. The van der Waals surface area contributed by atoms with Crippen LogP contribution >= 0.6 is 0 Å².